The first-order valence-corrected chi connectivity index (χ1v) is 9.13. The topological polar surface area (TPSA) is 75.0 Å². The van der Waals surface area contributed by atoms with Crippen LogP contribution in [0.15, 0.2) is 72.8 Å². The zero-order valence-corrected chi connectivity index (χ0v) is 15.1. The van der Waals surface area contributed by atoms with Crippen LogP contribution in [0.25, 0.3) is 28.2 Å². The minimum absolute atomic E-state index is 0.425. The quantitative estimate of drug-likeness (QED) is 0.561. The molecule has 1 aliphatic rings. The number of carbonyl (C=O) groups excluding carboxylic acids is 1. The molecule has 2 heterocycles. The SMILES string of the molecule is NC(=O)c1cccc2c1N(c1ccc3[nH]nc(-c4ccccc4)c3c1)CC=C2. The average molecular weight is 366 g/mol. The number of benzene rings is 3. The molecule has 0 unspecified atom stereocenters. The van der Waals surface area contributed by atoms with Crippen LogP contribution in [-0.2, 0) is 0 Å². The van der Waals surface area contributed by atoms with Crippen LogP contribution in [0.2, 0.25) is 0 Å². The van der Waals surface area contributed by atoms with Gasteiger partial charge in [0.25, 0.3) is 5.91 Å². The van der Waals surface area contributed by atoms with Crippen molar-refractivity contribution in [2.45, 2.75) is 0 Å². The van der Waals surface area contributed by atoms with E-state index in [2.05, 4.69) is 27.2 Å². The number of anilines is 2. The highest BCUT2D eigenvalue weighted by atomic mass is 16.1. The van der Waals surface area contributed by atoms with Crippen LogP contribution in [0, 0.1) is 0 Å². The molecule has 0 saturated carbocycles. The van der Waals surface area contributed by atoms with E-state index in [4.69, 9.17) is 5.73 Å². The van der Waals surface area contributed by atoms with Crippen LogP contribution < -0.4 is 10.6 Å². The Morgan fingerprint density at radius 1 is 1.04 bits per heavy atom. The number of nitrogens with zero attached hydrogens (tertiary/aromatic N) is 2. The molecule has 0 fully saturated rings. The van der Waals surface area contributed by atoms with Crippen LogP contribution >= 0.6 is 0 Å². The van der Waals surface area contributed by atoms with Crippen LogP contribution in [0.5, 0.6) is 0 Å². The van der Waals surface area contributed by atoms with Gasteiger partial charge in [-0.2, -0.15) is 5.10 Å². The van der Waals surface area contributed by atoms with Crippen molar-refractivity contribution in [2.75, 3.05) is 11.4 Å². The normalized spacial score (nSPS) is 12.9. The molecule has 0 saturated heterocycles. The number of carbonyl (C=O) groups is 1. The van der Waals surface area contributed by atoms with Gasteiger partial charge in [-0.25, -0.2) is 0 Å². The first kappa shape index (κ1) is 16.3. The molecule has 28 heavy (non-hydrogen) atoms. The van der Waals surface area contributed by atoms with Crippen molar-refractivity contribution >= 4 is 34.3 Å². The number of nitrogens with two attached hydrogens (primary N) is 1. The molecule has 5 nitrogen and oxygen atoms in total. The number of primary amides is 1. The Morgan fingerprint density at radius 2 is 1.89 bits per heavy atom. The van der Waals surface area contributed by atoms with E-state index in [0.717, 1.165) is 39.1 Å². The standard InChI is InChI=1S/C23H18N4O/c24-23(28)18-10-4-8-16-9-5-13-27(22(16)18)17-11-12-20-19(14-17)21(26-25-20)15-6-2-1-3-7-15/h1-12,14H,13H2,(H2,24,28)(H,25,26). The van der Waals surface area contributed by atoms with E-state index < -0.39 is 5.91 Å². The fraction of sp³-hybridized carbons (Fsp3) is 0.0435. The number of aromatic amines is 1. The summed E-state index contributed by atoms with van der Waals surface area (Å²) in [6, 6.07) is 21.9. The van der Waals surface area contributed by atoms with Crippen molar-refractivity contribution in [2.24, 2.45) is 5.73 Å². The monoisotopic (exact) mass is 366 g/mol. The largest absolute Gasteiger partial charge is 0.366 e. The molecule has 5 rings (SSSR count). The number of amides is 1. The summed E-state index contributed by atoms with van der Waals surface area (Å²) in [6.45, 7) is 0.668. The van der Waals surface area contributed by atoms with Gasteiger partial charge in [-0.15, -0.1) is 0 Å². The summed E-state index contributed by atoms with van der Waals surface area (Å²) < 4.78 is 0. The predicted octanol–water partition coefficient (Wildman–Crippen LogP) is 4.49. The van der Waals surface area contributed by atoms with Gasteiger partial charge in [0, 0.05) is 23.2 Å². The number of H-pyrrole nitrogens is 1. The first-order valence-electron chi connectivity index (χ1n) is 9.13. The van der Waals surface area contributed by atoms with Crippen LogP contribution in [0.1, 0.15) is 15.9 Å². The zero-order valence-electron chi connectivity index (χ0n) is 15.1. The number of hydrogen-bond acceptors (Lipinski definition) is 3. The van der Waals surface area contributed by atoms with E-state index in [1.165, 1.54) is 0 Å². The van der Waals surface area contributed by atoms with Gasteiger partial charge in [0.1, 0.15) is 0 Å². The number of fused-ring (bicyclic) bond motifs is 2. The molecular weight excluding hydrogens is 348 g/mol. The second kappa shape index (κ2) is 6.39. The lowest BCUT2D eigenvalue weighted by atomic mass is 10.0. The smallest absolute Gasteiger partial charge is 0.250 e. The summed E-state index contributed by atoms with van der Waals surface area (Å²) >= 11 is 0. The van der Waals surface area contributed by atoms with E-state index in [1.54, 1.807) is 6.07 Å². The highest BCUT2D eigenvalue weighted by molar-refractivity contribution is 6.03. The van der Waals surface area contributed by atoms with Crippen molar-refractivity contribution in [3.05, 3.63) is 83.9 Å². The molecule has 0 spiro atoms. The third-order valence-corrected chi connectivity index (χ3v) is 5.09. The lowest BCUT2D eigenvalue weighted by molar-refractivity contribution is 0.100. The molecule has 3 N–H and O–H groups in total. The van der Waals surface area contributed by atoms with Crippen molar-refractivity contribution in [1.29, 1.82) is 0 Å². The summed E-state index contributed by atoms with van der Waals surface area (Å²) in [4.78, 5) is 14.1. The second-order valence-corrected chi connectivity index (χ2v) is 6.79. The van der Waals surface area contributed by atoms with Gasteiger partial charge < -0.3 is 10.6 Å². The minimum Gasteiger partial charge on any atom is -0.366 e. The van der Waals surface area contributed by atoms with Crippen LogP contribution in [0.4, 0.5) is 11.4 Å². The average Bonchev–Trinajstić information content (AvgIpc) is 3.16. The fourth-order valence-electron chi connectivity index (χ4n) is 3.79. The van der Waals surface area contributed by atoms with Gasteiger partial charge in [-0.1, -0.05) is 54.6 Å². The minimum atomic E-state index is -0.425. The highest BCUT2D eigenvalue weighted by Gasteiger charge is 2.22. The summed E-state index contributed by atoms with van der Waals surface area (Å²) in [5, 5.41) is 8.66. The summed E-state index contributed by atoms with van der Waals surface area (Å²) in [7, 11) is 0. The van der Waals surface area contributed by atoms with Gasteiger partial charge >= 0.3 is 0 Å². The number of hydrogen-bond donors (Lipinski definition) is 2. The van der Waals surface area contributed by atoms with Gasteiger partial charge in [-0.05, 0) is 29.8 Å². The molecule has 0 aliphatic carbocycles. The van der Waals surface area contributed by atoms with Crippen molar-refractivity contribution in [3.63, 3.8) is 0 Å². The Bertz CT molecular complexity index is 1220. The van der Waals surface area contributed by atoms with E-state index in [-0.39, 0.29) is 0 Å². The maximum atomic E-state index is 12.0. The summed E-state index contributed by atoms with van der Waals surface area (Å²) in [6.07, 6.45) is 4.12. The number of nitrogens with one attached hydrogen (secondary N) is 1. The van der Waals surface area contributed by atoms with E-state index in [9.17, 15) is 4.79 Å². The lowest BCUT2D eigenvalue weighted by Crippen LogP contribution is -2.25. The maximum absolute atomic E-state index is 12.0. The predicted molar refractivity (Wildman–Crippen MR) is 113 cm³/mol. The third kappa shape index (κ3) is 2.56. The Hall–Kier alpha value is -3.86. The molecule has 136 valence electrons. The Kier molecular flexibility index (Phi) is 3.72. The molecule has 0 atom stereocenters. The molecule has 0 radical (unpaired) electrons. The Labute approximate surface area is 162 Å². The number of para-hydroxylation sites is 1. The fourth-order valence-corrected chi connectivity index (χ4v) is 3.79. The van der Waals surface area contributed by atoms with E-state index >= 15 is 0 Å². The zero-order chi connectivity index (χ0) is 19.1. The molecule has 1 aliphatic heterocycles. The van der Waals surface area contributed by atoms with Crippen molar-refractivity contribution < 1.29 is 4.79 Å². The van der Waals surface area contributed by atoms with Crippen molar-refractivity contribution in [1.82, 2.24) is 10.2 Å². The molecule has 1 aromatic heterocycles. The third-order valence-electron chi connectivity index (χ3n) is 5.09. The Morgan fingerprint density at radius 3 is 2.71 bits per heavy atom. The molecule has 0 bridgehead atoms. The van der Waals surface area contributed by atoms with Gasteiger partial charge in [0.2, 0.25) is 0 Å². The maximum Gasteiger partial charge on any atom is 0.250 e. The lowest BCUT2D eigenvalue weighted by Gasteiger charge is -2.30. The molecule has 1 amide bonds. The summed E-state index contributed by atoms with van der Waals surface area (Å²) in [5.41, 5.74) is 11.9. The Balaban J connectivity index is 1.68. The summed E-state index contributed by atoms with van der Waals surface area (Å²) in [5.74, 6) is -0.425. The van der Waals surface area contributed by atoms with Gasteiger partial charge in [0.15, 0.2) is 0 Å². The van der Waals surface area contributed by atoms with Crippen molar-refractivity contribution in [3.8, 4) is 11.3 Å². The second-order valence-electron chi connectivity index (χ2n) is 6.79. The van der Waals surface area contributed by atoms with E-state index in [0.29, 0.717) is 12.1 Å². The highest BCUT2D eigenvalue weighted by Crippen LogP contribution is 2.37. The molecule has 4 aromatic rings. The number of rotatable bonds is 3. The van der Waals surface area contributed by atoms with Crippen LogP contribution in [-0.4, -0.2) is 22.6 Å². The van der Waals surface area contributed by atoms with Gasteiger partial charge in [-0.3, -0.25) is 9.89 Å². The molecule has 5 heteroatoms. The van der Waals surface area contributed by atoms with E-state index in [1.807, 2.05) is 60.7 Å². The molecular formula is C23H18N4O. The molecule has 3 aromatic carbocycles. The van der Waals surface area contributed by atoms with Gasteiger partial charge in [0.05, 0.1) is 22.5 Å². The van der Waals surface area contributed by atoms with Crippen LogP contribution in [0.3, 0.4) is 0 Å². The first-order chi connectivity index (χ1) is 13.7. The number of aromatic nitrogens is 2.